The lowest BCUT2D eigenvalue weighted by Gasteiger charge is -2.28. The summed E-state index contributed by atoms with van der Waals surface area (Å²) in [7, 11) is -2.58. The Morgan fingerprint density at radius 1 is 0.895 bits per heavy atom. The molecule has 1 aromatic carbocycles. The van der Waals surface area contributed by atoms with Crippen LogP contribution >= 0.6 is 45.2 Å². The summed E-state index contributed by atoms with van der Waals surface area (Å²) in [6, 6.07) is 7.17. The number of halogens is 2. The highest BCUT2D eigenvalue weighted by Crippen LogP contribution is 2.21. The van der Waals surface area contributed by atoms with Crippen molar-refractivity contribution in [1.82, 2.24) is 0 Å². The molecule has 1 rings (SSSR count). The summed E-state index contributed by atoms with van der Waals surface area (Å²) in [6.45, 7) is 7.81. The van der Waals surface area contributed by atoms with E-state index < -0.39 is 8.80 Å². The summed E-state index contributed by atoms with van der Waals surface area (Å²) in [4.78, 5) is 0. The topological polar surface area (TPSA) is 27.7 Å². The Bertz CT molecular complexity index is 384. The molecule has 0 aliphatic heterocycles. The zero-order valence-electron chi connectivity index (χ0n) is 11.5. The van der Waals surface area contributed by atoms with Gasteiger partial charge < -0.3 is 13.3 Å². The second-order valence-corrected chi connectivity index (χ2v) is 8.82. The number of benzene rings is 1. The van der Waals surface area contributed by atoms with Gasteiger partial charge in [0.25, 0.3) is 0 Å². The fourth-order valence-corrected chi connectivity index (χ4v) is 5.35. The molecular weight excluding hydrogens is 486 g/mol. The molecule has 0 atom stereocenters. The van der Waals surface area contributed by atoms with Gasteiger partial charge in [0.2, 0.25) is 0 Å². The summed E-state index contributed by atoms with van der Waals surface area (Å²) in [5.41, 5.74) is 1.21. The van der Waals surface area contributed by atoms with Crippen molar-refractivity contribution < 1.29 is 13.3 Å². The molecule has 0 unspecified atom stereocenters. The molecule has 3 nitrogen and oxygen atoms in total. The summed E-state index contributed by atoms with van der Waals surface area (Å²) in [6.07, 6.45) is 0. The van der Waals surface area contributed by atoms with Crippen LogP contribution < -0.4 is 0 Å². The average Bonchev–Trinajstić information content (AvgIpc) is 2.35. The van der Waals surface area contributed by atoms with E-state index >= 15 is 0 Å². The normalized spacial score (nSPS) is 11.8. The van der Waals surface area contributed by atoms with Gasteiger partial charge in [-0.05, 0) is 83.6 Å². The Hall–Kier alpha value is 0.777. The van der Waals surface area contributed by atoms with Crippen molar-refractivity contribution in [3.63, 3.8) is 0 Å². The van der Waals surface area contributed by atoms with E-state index in [2.05, 4.69) is 63.4 Å². The fourth-order valence-electron chi connectivity index (χ4n) is 1.84. The molecule has 0 fully saturated rings. The van der Waals surface area contributed by atoms with Crippen molar-refractivity contribution in [2.24, 2.45) is 0 Å². The minimum Gasteiger partial charge on any atom is -0.374 e. The zero-order valence-corrected chi connectivity index (χ0v) is 16.9. The first-order valence-electron chi connectivity index (χ1n) is 6.42. The molecule has 0 aliphatic rings. The first kappa shape index (κ1) is 17.8. The molecule has 0 radical (unpaired) electrons. The van der Waals surface area contributed by atoms with E-state index in [1.54, 1.807) is 0 Å². The Balaban J connectivity index is 2.93. The van der Waals surface area contributed by atoms with Crippen LogP contribution in [-0.2, 0) is 19.3 Å². The van der Waals surface area contributed by atoms with Gasteiger partial charge >= 0.3 is 8.80 Å². The van der Waals surface area contributed by atoms with Crippen LogP contribution in [0.3, 0.4) is 0 Å². The van der Waals surface area contributed by atoms with E-state index in [9.17, 15) is 0 Å². The SMILES string of the molecule is CCO[Si](Cc1ccc(I)c(I)c1)(OCC)OCC. The van der Waals surface area contributed by atoms with Gasteiger partial charge in [0.1, 0.15) is 0 Å². The van der Waals surface area contributed by atoms with Crippen LogP contribution in [0.5, 0.6) is 0 Å². The number of hydrogen-bond acceptors (Lipinski definition) is 3. The molecule has 19 heavy (non-hydrogen) atoms. The van der Waals surface area contributed by atoms with Crippen LogP contribution in [0.25, 0.3) is 0 Å². The van der Waals surface area contributed by atoms with E-state index in [0.29, 0.717) is 19.8 Å². The van der Waals surface area contributed by atoms with Gasteiger partial charge in [0, 0.05) is 33.0 Å². The Labute approximate surface area is 144 Å². The predicted molar refractivity (Wildman–Crippen MR) is 96.2 cm³/mol. The second-order valence-electron chi connectivity index (χ2n) is 3.91. The molecular formula is C13H20I2O3Si. The van der Waals surface area contributed by atoms with Crippen LogP contribution in [-0.4, -0.2) is 28.6 Å². The second kappa shape index (κ2) is 8.93. The Kier molecular flexibility index (Phi) is 8.38. The van der Waals surface area contributed by atoms with Crippen LogP contribution in [0.4, 0.5) is 0 Å². The van der Waals surface area contributed by atoms with Gasteiger partial charge in [-0.2, -0.15) is 0 Å². The number of rotatable bonds is 8. The first-order chi connectivity index (χ1) is 9.06. The largest absolute Gasteiger partial charge is 0.505 e. The van der Waals surface area contributed by atoms with Crippen molar-refractivity contribution in [2.75, 3.05) is 19.8 Å². The first-order valence-corrected chi connectivity index (χ1v) is 10.5. The fraction of sp³-hybridized carbons (Fsp3) is 0.538. The Morgan fingerprint density at radius 2 is 1.42 bits per heavy atom. The zero-order chi connectivity index (χ0) is 14.3. The third kappa shape index (κ3) is 5.58. The van der Waals surface area contributed by atoms with Gasteiger partial charge in [-0.25, -0.2) is 0 Å². The van der Waals surface area contributed by atoms with Crippen LogP contribution in [0.1, 0.15) is 26.3 Å². The maximum absolute atomic E-state index is 5.87. The molecule has 108 valence electrons. The van der Waals surface area contributed by atoms with Gasteiger partial charge in [-0.3, -0.25) is 0 Å². The maximum atomic E-state index is 5.87. The molecule has 0 saturated heterocycles. The lowest BCUT2D eigenvalue weighted by molar-refractivity contribution is 0.0704. The molecule has 0 saturated carbocycles. The monoisotopic (exact) mass is 506 g/mol. The van der Waals surface area contributed by atoms with Crippen molar-refractivity contribution >= 4 is 54.0 Å². The Morgan fingerprint density at radius 3 is 1.84 bits per heavy atom. The van der Waals surface area contributed by atoms with E-state index in [-0.39, 0.29) is 0 Å². The minimum absolute atomic E-state index is 0.619. The highest BCUT2D eigenvalue weighted by atomic mass is 127. The van der Waals surface area contributed by atoms with E-state index in [0.717, 1.165) is 6.04 Å². The summed E-state index contributed by atoms with van der Waals surface area (Å²) in [5, 5.41) is 0. The van der Waals surface area contributed by atoms with Crippen molar-refractivity contribution in [3.8, 4) is 0 Å². The smallest absolute Gasteiger partial charge is 0.374 e. The van der Waals surface area contributed by atoms with Crippen LogP contribution in [0, 0.1) is 7.14 Å². The van der Waals surface area contributed by atoms with Crippen molar-refractivity contribution in [1.29, 1.82) is 0 Å². The molecule has 6 heteroatoms. The maximum Gasteiger partial charge on any atom is 0.505 e. The average molecular weight is 506 g/mol. The molecule has 0 spiro atoms. The number of hydrogen-bond donors (Lipinski definition) is 0. The molecule has 1 aromatic rings. The van der Waals surface area contributed by atoms with Crippen LogP contribution in [0.15, 0.2) is 18.2 Å². The lowest BCUT2D eigenvalue weighted by atomic mass is 10.2. The molecule has 0 N–H and O–H groups in total. The van der Waals surface area contributed by atoms with Crippen molar-refractivity contribution in [3.05, 3.63) is 30.9 Å². The van der Waals surface area contributed by atoms with E-state index in [4.69, 9.17) is 13.3 Å². The van der Waals surface area contributed by atoms with Gasteiger partial charge in [0.05, 0.1) is 0 Å². The van der Waals surface area contributed by atoms with Gasteiger partial charge in [-0.1, -0.05) is 6.07 Å². The summed E-state index contributed by atoms with van der Waals surface area (Å²) in [5.74, 6) is 0. The molecule has 0 bridgehead atoms. The lowest BCUT2D eigenvalue weighted by Crippen LogP contribution is -2.48. The van der Waals surface area contributed by atoms with E-state index in [1.165, 1.54) is 12.7 Å². The highest BCUT2D eigenvalue weighted by molar-refractivity contribution is 14.1. The molecule has 0 aliphatic carbocycles. The quantitative estimate of drug-likeness (QED) is 0.394. The molecule has 0 aromatic heterocycles. The summed E-state index contributed by atoms with van der Waals surface area (Å²) >= 11 is 4.69. The van der Waals surface area contributed by atoms with E-state index in [1.807, 2.05) is 20.8 Å². The van der Waals surface area contributed by atoms with Gasteiger partial charge in [0.15, 0.2) is 0 Å². The highest BCUT2D eigenvalue weighted by Gasteiger charge is 2.40. The molecule has 0 amide bonds. The third-order valence-corrected chi connectivity index (χ3v) is 8.39. The van der Waals surface area contributed by atoms with Crippen LogP contribution in [0.2, 0.25) is 0 Å². The summed E-state index contributed by atoms with van der Waals surface area (Å²) < 4.78 is 20.1. The minimum atomic E-state index is -2.58. The third-order valence-electron chi connectivity index (χ3n) is 2.50. The molecule has 0 heterocycles. The predicted octanol–water partition coefficient (Wildman–Crippen LogP) is 4.03. The van der Waals surface area contributed by atoms with Crippen molar-refractivity contribution in [2.45, 2.75) is 26.8 Å². The standard InChI is InChI=1S/C13H20I2O3Si/c1-4-16-19(17-5-2,18-6-3)10-11-7-8-12(14)13(15)9-11/h7-9H,4-6,10H2,1-3H3. The van der Waals surface area contributed by atoms with Gasteiger partial charge in [-0.15, -0.1) is 0 Å².